The first-order valence-corrected chi connectivity index (χ1v) is 9.28. The van der Waals surface area contributed by atoms with Crippen LogP contribution in [0, 0.1) is 5.92 Å². The number of aliphatic hydroxyl groups excluding tert-OH is 1. The molecule has 6 heteroatoms. The van der Waals surface area contributed by atoms with Crippen LogP contribution < -0.4 is 9.80 Å². The van der Waals surface area contributed by atoms with Crippen LogP contribution >= 0.6 is 0 Å². The average Bonchev–Trinajstić information content (AvgIpc) is 2.93. The quantitative estimate of drug-likeness (QED) is 0.829. The Balaban J connectivity index is 2.09. The Morgan fingerprint density at radius 3 is 2.29 bits per heavy atom. The van der Waals surface area contributed by atoms with E-state index < -0.39 is 17.7 Å². The highest BCUT2D eigenvalue weighted by atomic mass is 16.3. The van der Waals surface area contributed by atoms with E-state index >= 15 is 0 Å². The van der Waals surface area contributed by atoms with Crippen molar-refractivity contribution in [2.45, 2.75) is 26.3 Å². The Morgan fingerprint density at radius 2 is 1.75 bits per heavy atom. The number of aliphatic hydroxyl groups is 1. The number of pyridine rings is 1. The van der Waals surface area contributed by atoms with E-state index in [0.29, 0.717) is 5.69 Å². The lowest BCUT2D eigenvalue weighted by Crippen LogP contribution is -2.31. The van der Waals surface area contributed by atoms with Crippen molar-refractivity contribution in [1.29, 1.82) is 0 Å². The number of anilines is 2. The minimum absolute atomic E-state index is 0.120. The van der Waals surface area contributed by atoms with Gasteiger partial charge in [-0.05, 0) is 47.9 Å². The van der Waals surface area contributed by atoms with Crippen molar-refractivity contribution >= 4 is 23.1 Å². The number of ketones is 1. The zero-order chi connectivity index (χ0) is 20.4. The number of nitrogens with zero attached hydrogens (tertiary/aromatic N) is 3. The van der Waals surface area contributed by atoms with E-state index in [1.807, 2.05) is 57.1 Å². The number of carbonyl (C=O) groups excluding carboxylic acids is 2. The van der Waals surface area contributed by atoms with Crippen LogP contribution in [-0.2, 0) is 9.59 Å². The molecule has 1 atom stereocenters. The van der Waals surface area contributed by atoms with Gasteiger partial charge in [-0.25, -0.2) is 0 Å². The van der Waals surface area contributed by atoms with Crippen molar-refractivity contribution < 1.29 is 14.7 Å². The van der Waals surface area contributed by atoms with Crippen LogP contribution in [0.5, 0.6) is 0 Å². The number of hydrogen-bond acceptors (Lipinski definition) is 5. The maximum atomic E-state index is 12.9. The SMILES string of the molecule is CC(C)CC(=O)C1=C(O)C(=O)N(c2ccc(N(C)C)cc2)C1c1ccncc1. The summed E-state index contributed by atoms with van der Waals surface area (Å²) in [4.78, 5) is 33.3. The Bertz CT molecular complexity index is 902. The number of rotatable bonds is 6. The lowest BCUT2D eigenvalue weighted by atomic mass is 9.92. The largest absolute Gasteiger partial charge is 0.503 e. The van der Waals surface area contributed by atoms with Gasteiger partial charge in [0.2, 0.25) is 0 Å². The summed E-state index contributed by atoms with van der Waals surface area (Å²) >= 11 is 0. The van der Waals surface area contributed by atoms with Crippen molar-refractivity contribution in [3.63, 3.8) is 0 Å². The number of carbonyl (C=O) groups is 2. The van der Waals surface area contributed by atoms with E-state index in [4.69, 9.17) is 0 Å². The van der Waals surface area contributed by atoms with Gasteiger partial charge in [-0.3, -0.25) is 19.5 Å². The maximum absolute atomic E-state index is 12.9. The molecule has 1 aliphatic rings. The van der Waals surface area contributed by atoms with E-state index in [9.17, 15) is 14.7 Å². The van der Waals surface area contributed by atoms with Gasteiger partial charge in [0.15, 0.2) is 11.5 Å². The zero-order valence-corrected chi connectivity index (χ0v) is 16.6. The molecule has 0 aliphatic carbocycles. The first kappa shape index (κ1) is 19.6. The lowest BCUT2D eigenvalue weighted by molar-refractivity contribution is -0.118. The van der Waals surface area contributed by atoms with E-state index in [-0.39, 0.29) is 23.7 Å². The molecular formula is C22H25N3O3. The summed E-state index contributed by atoms with van der Waals surface area (Å²) in [5.41, 5.74) is 2.50. The summed E-state index contributed by atoms with van der Waals surface area (Å²) < 4.78 is 0. The molecule has 28 heavy (non-hydrogen) atoms. The van der Waals surface area contributed by atoms with E-state index in [1.54, 1.807) is 24.5 Å². The van der Waals surface area contributed by atoms with Gasteiger partial charge in [-0.2, -0.15) is 0 Å². The van der Waals surface area contributed by atoms with Crippen LogP contribution in [0.15, 0.2) is 60.1 Å². The number of benzene rings is 1. The van der Waals surface area contributed by atoms with E-state index in [2.05, 4.69) is 4.98 Å². The van der Waals surface area contributed by atoms with Crippen LogP contribution in [0.4, 0.5) is 11.4 Å². The predicted octanol–water partition coefficient (Wildman–Crippen LogP) is 3.66. The van der Waals surface area contributed by atoms with Gasteiger partial charge in [0.25, 0.3) is 5.91 Å². The third-order valence-corrected chi connectivity index (χ3v) is 4.77. The van der Waals surface area contributed by atoms with E-state index in [1.165, 1.54) is 4.90 Å². The summed E-state index contributed by atoms with van der Waals surface area (Å²) in [7, 11) is 3.87. The highest BCUT2D eigenvalue weighted by Gasteiger charge is 2.44. The average molecular weight is 379 g/mol. The van der Waals surface area contributed by atoms with Crippen molar-refractivity contribution in [2.75, 3.05) is 23.9 Å². The summed E-state index contributed by atoms with van der Waals surface area (Å²) in [6.45, 7) is 3.87. The molecule has 1 aliphatic heterocycles. The molecule has 2 aromatic rings. The fraction of sp³-hybridized carbons (Fsp3) is 0.318. The molecule has 1 unspecified atom stereocenters. The van der Waals surface area contributed by atoms with Gasteiger partial charge in [0.05, 0.1) is 11.6 Å². The molecule has 1 N–H and O–H groups in total. The van der Waals surface area contributed by atoms with Gasteiger partial charge < -0.3 is 10.0 Å². The molecule has 146 valence electrons. The third-order valence-electron chi connectivity index (χ3n) is 4.77. The van der Waals surface area contributed by atoms with Gasteiger partial charge >= 0.3 is 0 Å². The summed E-state index contributed by atoms with van der Waals surface area (Å²) in [6, 6.07) is 10.3. The summed E-state index contributed by atoms with van der Waals surface area (Å²) in [6.07, 6.45) is 3.50. The van der Waals surface area contributed by atoms with Crippen LogP contribution in [0.3, 0.4) is 0 Å². The second kappa shape index (κ2) is 7.84. The minimum Gasteiger partial charge on any atom is -0.503 e. The third kappa shape index (κ3) is 3.63. The number of hydrogen-bond donors (Lipinski definition) is 1. The Hall–Kier alpha value is -3.15. The highest BCUT2D eigenvalue weighted by molar-refractivity contribution is 6.16. The molecular weight excluding hydrogens is 354 g/mol. The molecule has 1 aromatic carbocycles. The molecule has 6 nitrogen and oxygen atoms in total. The number of Topliss-reactive ketones (excluding diaryl/α,β-unsaturated/α-hetero) is 1. The second-order valence-corrected chi connectivity index (χ2v) is 7.55. The van der Waals surface area contributed by atoms with Crippen LogP contribution in [0.2, 0.25) is 0 Å². The van der Waals surface area contributed by atoms with Gasteiger partial charge in [0, 0.05) is 44.3 Å². The van der Waals surface area contributed by atoms with Crippen LogP contribution in [0.25, 0.3) is 0 Å². The Labute approximate surface area is 165 Å². The Morgan fingerprint density at radius 1 is 1.14 bits per heavy atom. The second-order valence-electron chi connectivity index (χ2n) is 7.55. The summed E-state index contributed by atoms with van der Waals surface area (Å²) in [5.74, 6) is -1.12. The number of aromatic nitrogens is 1. The number of amides is 1. The van der Waals surface area contributed by atoms with Crippen LogP contribution in [0.1, 0.15) is 31.9 Å². The summed E-state index contributed by atoms with van der Waals surface area (Å²) in [5, 5.41) is 10.6. The standard InChI is InChI=1S/C22H25N3O3/c1-14(2)13-18(26)19-20(15-9-11-23-12-10-15)25(22(28)21(19)27)17-7-5-16(6-8-17)24(3)4/h5-12,14,20,27H,13H2,1-4H3. The molecule has 0 saturated heterocycles. The van der Waals surface area contributed by atoms with Crippen LogP contribution in [-0.4, -0.2) is 35.9 Å². The maximum Gasteiger partial charge on any atom is 0.294 e. The van der Waals surface area contributed by atoms with Gasteiger partial charge in [0.1, 0.15) is 0 Å². The molecule has 1 amide bonds. The molecule has 2 heterocycles. The minimum atomic E-state index is -0.674. The van der Waals surface area contributed by atoms with Crippen molar-refractivity contribution in [1.82, 2.24) is 4.98 Å². The normalized spacial score (nSPS) is 16.8. The molecule has 0 bridgehead atoms. The predicted molar refractivity (Wildman–Crippen MR) is 109 cm³/mol. The van der Waals surface area contributed by atoms with Gasteiger partial charge in [-0.15, -0.1) is 0 Å². The first-order chi connectivity index (χ1) is 13.3. The lowest BCUT2D eigenvalue weighted by Gasteiger charge is -2.27. The topological polar surface area (TPSA) is 73.7 Å². The zero-order valence-electron chi connectivity index (χ0n) is 16.6. The highest BCUT2D eigenvalue weighted by Crippen LogP contribution is 2.41. The first-order valence-electron chi connectivity index (χ1n) is 9.28. The van der Waals surface area contributed by atoms with E-state index in [0.717, 1.165) is 11.3 Å². The van der Waals surface area contributed by atoms with Crippen molar-refractivity contribution in [2.24, 2.45) is 5.92 Å². The molecule has 0 radical (unpaired) electrons. The molecule has 1 aromatic heterocycles. The molecule has 0 saturated carbocycles. The van der Waals surface area contributed by atoms with Crippen molar-refractivity contribution in [3.05, 3.63) is 65.7 Å². The Kier molecular flexibility index (Phi) is 5.49. The molecule has 0 fully saturated rings. The monoisotopic (exact) mass is 379 g/mol. The van der Waals surface area contributed by atoms with Gasteiger partial charge in [-0.1, -0.05) is 13.8 Å². The molecule has 3 rings (SSSR count). The molecule has 0 spiro atoms. The fourth-order valence-electron chi connectivity index (χ4n) is 3.41. The fourth-order valence-corrected chi connectivity index (χ4v) is 3.41. The van der Waals surface area contributed by atoms with Crippen molar-refractivity contribution in [3.8, 4) is 0 Å². The smallest absolute Gasteiger partial charge is 0.294 e.